The minimum absolute atomic E-state index is 0.0549. The van der Waals surface area contributed by atoms with E-state index in [-0.39, 0.29) is 21.6 Å². The molecule has 0 aromatic heterocycles. The smallest absolute Gasteiger partial charge is 0.274 e. The summed E-state index contributed by atoms with van der Waals surface area (Å²) in [5.74, 6) is -0.589. The lowest BCUT2D eigenvalue weighted by molar-refractivity contribution is -0.385. The Labute approximate surface area is 149 Å². The molecule has 0 saturated carbocycles. The first-order valence-electron chi connectivity index (χ1n) is 7.64. The summed E-state index contributed by atoms with van der Waals surface area (Å²) in [6.07, 6.45) is -0.872. The van der Waals surface area contributed by atoms with Crippen LogP contribution in [0.3, 0.4) is 0 Å². The summed E-state index contributed by atoms with van der Waals surface area (Å²) in [6.45, 7) is 0.626. The second-order valence-corrected chi connectivity index (χ2v) is 7.57. The molecular weight excluding hydrogens is 360 g/mol. The molecule has 1 aliphatic heterocycles. The second kappa shape index (κ2) is 7.21. The molecule has 0 radical (unpaired) electrons. The van der Waals surface area contributed by atoms with E-state index in [0.717, 1.165) is 6.07 Å². The van der Waals surface area contributed by atoms with E-state index in [1.165, 1.54) is 18.2 Å². The normalized spacial score (nSPS) is 14.9. The number of ether oxygens (including phenoxy) is 2. The van der Waals surface area contributed by atoms with Crippen LogP contribution in [0.1, 0.15) is 23.0 Å². The molecule has 9 heteroatoms. The lowest BCUT2D eigenvalue weighted by Gasteiger charge is -2.13. The van der Waals surface area contributed by atoms with Crippen molar-refractivity contribution in [2.45, 2.75) is 16.9 Å². The first kappa shape index (κ1) is 18.0. The molecule has 3 rings (SSSR count). The van der Waals surface area contributed by atoms with Crippen molar-refractivity contribution >= 4 is 15.5 Å². The Balaban J connectivity index is 2.06. The molecule has 0 amide bonds. The molecule has 2 aromatic carbocycles. The topological polar surface area (TPSA) is 120 Å². The van der Waals surface area contributed by atoms with Gasteiger partial charge in [-0.2, -0.15) is 5.26 Å². The number of nitro groups is 1. The van der Waals surface area contributed by atoms with Crippen molar-refractivity contribution < 1.29 is 22.8 Å². The molecule has 8 nitrogen and oxygen atoms in total. The maximum absolute atomic E-state index is 12.6. The van der Waals surface area contributed by atoms with Gasteiger partial charge in [0, 0.05) is 17.2 Å². The van der Waals surface area contributed by atoms with Crippen molar-refractivity contribution in [3.05, 3.63) is 69.3 Å². The molecular formula is C17H14N2O6S. The molecule has 1 aliphatic rings. The number of nitrogens with zero attached hydrogens (tertiary/aromatic N) is 2. The van der Waals surface area contributed by atoms with Crippen molar-refractivity contribution in [1.29, 1.82) is 5.26 Å². The Hall–Kier alpha value is -2.80. The molecule has 0 spiro atoms. The van der Waals surface area contributed by atoms with Gasteiger partial charge in [-0.05, 0) is 18.2 Å². The summed E-state index contributed by atoms with van der Waals surface area (Å²) in [7, 11) is -3.80. The van der Waals surface area contributed by atoms with Gasteiger partial charge in [-0.1, -0.05) is 18.2 Å². The summed E-state index contributed by atoms with van der Waals surface area (Å²) in [6, 6.07) is 12.0. The van der Waals surface area contributed by atoms with E-state index in [1.807, 2.05) is 6.07 Å². The number of sulfone groups is 1. The highest BCUT2D eigenvalue weighted by atomic mass is 32.2. The van der Waals surface area contributed by atoms with E-state index in [2.05, 4.69) is 0 Å². The first-order valence-corrected chi connectivity index (χ1v) is 9.30. The van der Waals surface area contributed by atoms with Crippen LogP contribution in [0, 0.1) is 21.4 Å². The van der Waals surface area contributed by atoms with Crippen LogP contribution in [0.4, 0.5) is 5.69 Å². The molecule has 1 saturated heterocycles. The van der Waals surface area contributed by atoms with Gasteiger partial charge in [0.05, 0.1) is 40.4 Å². The van der Waals surface area contributed by atoms with Gasteiger partial charge < -0.3 is 9.47 Å². The Morgan fingerprint density at radius 2 is 1.85 bits per heavy atom. The molecule has 1 heterocycles. The lowest BCUT2D eigenvalue weighted by Crippen LogP contribution is -2.10. The average molecular weight is 374 g/mol. The van der Waals surface area contributed by atoms with Crippen LogP contribution >= 0.6 is 0 Å². The molecule has 2 aromatic rings. The molecule has 0 N–H and O–H groups in total. The van der Waals surface area contributed by atoms with Gasteiger partial charge in [-0.3, -0.25) is 10.1 Å². The highest BCUT2D eigenvalue weighted by molar-refractivity contribution is 7.90. The van der Waals surface area contributed by atoms with Gasteiger partial charge in [0.25, 0.3) is 5.69 Å². The number of hydrogen-bond acceptors (Lipinski definition) is 7. The SMILES string of the molecule is N#Cc1cc(CS(=O)(=O)c2ccccc2)c([N+](=O)[O-])cc1C1OCCO1. The van der Waals surface area contributed by atoms with Gasteiger partial charge in [-0.15, -0.1) is 0 Å². The Morgan fingerprint density at radius 1 is 1.19 bits per heavy atom. The Bertz CT molecular complexity index is 976. The third kappa shape index (κ3) is 3.57. The maximum Gasteiger partial charge on any atom is 0.274 e. The van der Waals surface area contributed by atoms with Crippen molar-refractivity contribution in [1.82, 2.24) is 0 Å². The molecule has 134 valence electrons. The zero-order chi connectivity index (χ0) is 18.7. The second-order valence-electron chi connectivity index (χ2n) is 5.58. The van der Waals surface area contributed by atoms with Crippen LogP contribution in [0.2, 0.25) is 0 Å². The van der Waals surface area contributed by atoms with Crippen molar-refractivity contribution in [2.75, 3.05) is 13.2 Å². The fourth-order valence-electron chi connectivity index (χ4n) is 2.68. The molecule has 0 aliphatic carbocycles. The summed E-state index contributed by atoms with van der Waals surface area (Å²) < 4.78 is 35.7. The third-order valence-corrected chi connectivity index (χ3v) is 5.57. The Kier molecular flexibility index (Phi) is 4.99. The van der Waals surface area contributed by atoms with E-state index in [1.54, 1.807) is 18.2 Å². The fraction of sp³-hybridized carbons (Fsp3) is 0.235. The zero-order valence-corrected chi connectivity index (χ0v) is 14.3. The van der Waals surface area contributed by atoms with Gasteiger partial charge in [0.1, 0.15) is 0 Å². The first-order chi connectivity index (χ1) is 12.4. The van der Waals surface area contributed by atoms with E-state index in [0.29, 0.717) is 13.2 Å². The number of nitro benzene ring substituents is 1. The molecule has 26 heavy (non-hydrogen) atoms. The van der Waals surface area contributed by atoms with Gasteiger partial charge in [0.15, 0.2) is 16.1 Å². The highest BCUT2D eigenvalue weighted by Crippen LogP contribution is 2.33. The maximum atomic E-state index is 12.6. The quantitative estimate of drug-likeness (QED) is 0.582. The van der Waals surface area contributed by atoms with Crippen molar-refractivity contribution in [3.8, 4) is 6.07 Å². The summed E-state index contributed by atoms with van der Waals surface area (Å²) in [5, 5.41) is 20.8. The predicted octanol–water partition coefficient (Wildman–Crippen LogP) is 2.49. The van der Waals surface area contributed by atoms with Crippen LogP contribution in [0.15, 0.2) is 47.4 Å². The van der Waals surface area contributed by atoms with Gasteiger partial charge in [0.2, 0.25) is 0 Å². The van der Waals surface area contributed by atoms with E-state index in [4.69, 9.17) is 9.47 Å². The third-order valence-electron chi connectivity index (χ3n) is 3.89. The molecule has 0 unspecified atom stereocenters. The van der Waals surface area contributed by atoms with Gasteiger partial charge in [-0.25, -0.2) is 8.42 Å². The standard InChI is InChI=1S/C17H14N2O6S/c18-10-12-8-13(11-26(22,23)14-4-2-1-3-5-14)16(19(20)21)9-15(12)17-24-6-7-25-17/h1-5,8-9,17H,6-7,11H2. The zero-order valence-electron chi connectivity index (χ0n) is 13.5. The largest absolute Gasteiger partial charge is 0.346 e. The average Bonchev–Trinajstić information content (AvgIpc) is 3.16. The number of benzene rings is 2. The fourth-order valence-corrected chi connectivity index (χ4v) is 4.06. The minimum Gasteiger partial charge on any atom is -0.346 e. The van der Waals surface area contributed by atoms with Crippen molar-refractivity contribution in [3.63, 3.8) is 0 Å². The minimum atomic E-state index is -3.80. The highest BCUT2D eigenvalue weighted by Gasteiger charge is 2.29. The van der Waals surface area contributed by atoms with E-state index >= 15 is 0 Å². The number of nitriles is 1. The molecule has 1 fully saturated rings. The van der Waals surface area contributed by atoms with Gasteiger partial charge >= 0.3 is 0 Å². The van der Waals surface area contributed by atoms with Crippen LogP contribution in [-0.2, 0) is 25.1 Å². The summed E-state index contributed by atoms with van der Waals surface area (Å²) in [5.41, 5.74) is -0.145. The van der Waals surface area contributed by atoms with Crippen molar-refractivity contribution in [2.24, 2.45) is 0 Å². The monoisotopic (exact) mass is 374 g/mol. The summed E-state index contributed by atoms with van der Waals surface area (Å²) >= 11 is 0. The number of hydrogen-bond donors (Lipinski definition) is 0. The molecule has 0 atom stereocenters. The molecule has 0 bridgehead atoms. The Morgan fingerprint density at radius 3 is 2.42 bits per heavy atom. The predicted molar refractivity (Wildman–Crippen MR) is 89.8 cm³/mol. The van der Waals surface area contributed by atoms with E-state index < -0.39 is 32.5 Å². The van der Waals surface area contributed by atoms with Crippen LogP contribution in [-0.4, -0.2) is 26.6 Å². The van der Waals surface area contributed by atoms with Crippen LogP contribution in [0.5, 0.6) is 0 Å². The van der Waals surface area contributed by atoms with Crippen LogP contribution < -0.4 is 0 Å². The summed E-state index contributed by atoms with van der Waals surface area (Å²) in [4.78, 5) is 10.8. The van der Waals surface area contributed by atoms with E-state index in [9.17, 15) is 23.8 Å². The van der Waals surface area contributed by atoms with Crippen LogP contribution in [0.25, 0.3) is 0 Å². The number of rotatable bonds is 5. The lowest BCUT2D eigenvalue weighted by atomic mass is 10.0.